The number of carbonyl (C=O) groups excluding carboxylic acids is 1. The molecule has 0 unspecified atom stereocenters. The fourth-order valence-electron chi connectivity index (χ4n) is 4.00. The largest absolute Gasteiger partial charge is 0.272 e. The first-order chi connectivity index (χ1) is 16.6. The van der Waals surface area contributed by atoms with E-state index in [0.29, 0.717) is 5.16 Å². The first kappa shape index (κ1) is 22.5. The number of benzene rings is 1. The number of hydrogen-bond donors (Lipinski definition) is 1. The van der Waals surface area contributed by atoms with Crippen molar-refractivity contribution in [2.45, 2.75) is 37.8 Å². The Kier molecular flexibility index (Phi) is 6.55. The fraction of sp³-hybridized carbons (Fsp3) is 0.240. The van der Waals surface area contributed by atoms with Gasteiger partial charge in [0.15, 0.2) is 5.16 Å². The Bertz CT molecular complexity index is 1430. The molecule has 0 saturated heterocycles. The summed E-state index contributed by atoms with van der Waals surface area (Å²) in [7, 11) is 0. The molecule has 4 aromatic rings. The Labute approximate surface area is 205 Å². The Balaban J connectivity index is 1.45. The van der Waals surface area contributed by atoms with Crippen molar-refractivity contribution in [3.8, 4) is 5.69 Å². The second kappa shape index (κ2) is 9.90. The van der Waals surface area contributed by atoms with Crippen LogP contribution in [0.3, 0.4) is 0 Å². The average Bonchev–Trinajstić information content (AvgIpc) is 3.23. The van der Waals surface area contributed by atoms with Gasteiger partial charge in [0.25, 0.3) is 11.5 Å². The predicted octanol–water partition coefficient (Wildman–Crippen LogP) is 4.27. The van der Waals surface area contributed by atoms with Crippen molar-refractivity contribution >= 4 is 45.4 Å². The van der Waals surface area contributed by atoms with Crippen molar-refractivity contribution < 1.29 is 4.79 Å². The lowest BCUT2D eigenvalue weighted by molar-refractivity contribution is -0.118. The Morgan fingerprint density at radius 3 is 2.74 bits per heavy atom. The van der Waals surface area contributed by atoms with Gasteiger partial charge in [-0.3, -0.25) is 19.1 Å². The van der Waals surface area contributed by atoms with Crippen LogP contribution in [-0.2, 0) is 17.6 Å². The molecule has 9 heteroatoms. The van der Waals surface area contributed by atoms with E-state index >= 15 is 0 Å². The maximum Gasteiger partial charge on any atom is 0.267 e. The highest BCUT2D eigenvalue weighted by Gasteiger charge is 2.23. The van der Waals surface area contributed by atoms with Crippen LogP contribution in [0.25, 0.3) is 15.9 Å². The summed E-state index contributed by atoms with van der Waals surface area (Å²) in [5, 5.41) is 5.24. The third-order valence-electron chi connectivity index (χ3n) is 5.69. The molecule has 1 aromatic carbocycles. The molecule has 7 nitrogen and oxygen atoms in total. The van der Waals surface area contributed by atoms with Gasteiger partial charge in [-0.15, -0.1) is 11.3 Å². The lowest BCUT2D eigenvalue weighted by Gasteiger charge is -2.13. The number of carbonyl (C=O) groups is 1. The number of nitrogens with one attached hydrogen (secondary N) is 1. The maximum absolute atomic E-state index is 13.7. The molecule has 0 aliphatic heterocycles. The molecule has 1 aliphatic rings. The van der Waals surface area contributed by atoms with Crippen LogP contribution in [0, 0.1) is 6.92 Å². The van der Waals surface area contributed by atoms with Crippen molar-refractivity contribution in [2.75, 3.05) is 5.75 Å². The average molecular weight is 490 g/mol. The second-order valence-electron chi connectivity index (χ2n) is 8.12. The van der Waals surface area contributed by atoms with E-state index in [1.165, 1.54) is 16.6 Å². The number of rotatable bonds is 6. The van der Waals surface area contributed by atoms with Gasteiger partial charge < -0.3 is 0 Å². The Morgan fingerprint density at radius 2 is 1.94 bits per heavy atom. The van der Waals surface area contributed by atoms with Gasteiger partial charge in [-0.05, 0) is 68.0 Å². The van der Waals surface area contributed by atoms with Gasteiger partial charge in [-0.25, -0.2) is 10.4 Å². The van der Waals surface area contributed by atoms with E-state index in [2.05, 4.69) is 15.5 Å². The van der Waals surface area contributed by atoms with Crippen molar-refractivity contribution in [1.29, 1.82) is 0 Å². The molecule has 0 atom stereocenters. The number of thiophene rings is 1. The molecule has 3 aromatic heterocycles. The minimum atomic E-state index is -0.273. The lowest BCUT2D eigenvalue weighted by atomic mass is 9.97. The third kappa shape index (κ3) is 4.67. The molecule has 34 heavy (non-hydrogen) atoms. The van der Waals surface area contributed by atoms with E-state index in [4.69, 9.17) is 4.98 Å². The molecule has 1 amide bonds. The highest BCUT2D eigenvalue weighted by molar-refractivity contribution is 7.99. The summed E-state index contributed by atoms with van der Waals surface area (Å²) in [6.07, 6.45) is 9.05. The molecule has 172 valence electrons. The minimum Gasteiger partial charge on any atom is -0.272 e. The van der Waals surface area contributed by atoms with E-state index in [-0.39, 0.29) is 17.2 Å². The number of amides is 1. The SMILES string of the molecule is Cc1ccc(-n2c(SCC(=O)NN=Cc3ccncc3)nc3sc4c(c3c2=O)CCCC4)cc1. The molecule has 0 saturated carbocycles. The highest BCUT2D eigenvalue weighted by atomic mass is 32.2. The normalized spacial score (nSPS) is 13.3. The quantitative estimate of drug-likeness (QED) is 0.189. The summed E-state index contributed by atoms with van der Waals surface area (Å²) in [6, 6.07) is 11.4. The van der Waals surface area contributed by atoms with Gasteiger partial charge in [0.2, 0.25) is 0 Å². The van der Waals surface area contributed by atoms with Crippen LogP contribution >= 0.6 is 23.1 Å². The van der Waals surface area contributed by atoms with Crippen molar-refractivity contribution in [3.63, 3.8) is 0 Å². The Morgan fingerprint density at radius 1 is 1.18 bits per heavy atom. The molecule has 1 N–H and O–H groups in total. The summed E-state index contributed by atoms with van der Waals surface area (Å²) < 4.78 is 1.64. The van der Waals surface area contributed by atoms with Crippen LogP contribution in [0.2, 0.25) is 0 Å². The van der Waals surface area contributed by atoms with Crippen LogP contribution < -0.4 is 11.0 Å². The first-order valence-electron chi connectivity index (χ1n) is 11.1. The number of aromatic nitrogens is 3. The van der Waals surface area contributed by atoms with E-state index in [1.54, 1.807) is 46.6 Å². The number of aryl methyl sites for hydroxylation is 3. The topological polar surface area (TPSA) is 89.2 Å². The van der Waals surface area contributed by atoms with Gasteiger partial charge in [0.1, 0.15) is 4.83 Å². The standard InChI is InChI=1S/C25H23N5O2S2/c1-16-6-8-18(9-7-16)30-24(32)22-19-4-2-3-5-20(19)34-23(22)28-25(30)33-15-21(31)29-27-14-17-10-12-26-13-11-17/h6-14H,2-5,15H2,1H3,(H,29,31). The molecule has 1 aliphatic carbocycles. The first-order valence-corrected chi connectivity index (χ1v) is 12.9. The molecule has 0 bridgehead atoms. The van der Waals surface area contributed by atoms with Gasteiger partial charge in [0, 0.05) is 17.3 Å². The van der Waals surface area contributed by atoms with E-state index in [0.717, 1.165) is 58.3 Å². The minimum absolute atomic E-state index is 0.0631. The molecule has 0 fully saturated rings. The van der Waals surface area contributed by atoms with Crippen LogP contribution in [0.4, 0.5) is 0 Å². The molecule has 3 heterocycles. The number of pyridine rings is 1. The number of hydrogen-bond acceptors (Lipinski definition) is 7. The lowest BCUT2D eigenvalue weighted by Crippen LogP contribution is -2.24. The molecule has 0 radical (unpaired) electrons. The molecular formula is C25H23N5O2S2. The smallest absolute Gasteiger partial charge is 0.267 e. The van der Waals surface area contributed by atoms with E-state index in [9.17, 15) is 9.59 Å². The highest BCUT2D eigenvalue weighted by Crippen LogP contribution is 2.35. The zero-order chi connectivity index (χ0) is 23.5. The van der Waals surface area contributed by atoms with Gasteiger partial charge >= 0.3 is 0 Å². The van der Waals surface area contributed by atoms with Crippen LogP contribution in [0.1, 0.15) is 34.4 Å². The predicted molar refractivity (Wildman–Crippen MR) is 137 cm³/mol. The maximum atomic E-state index is 13.7. The number of thioether (sulfide) groups is 1. The van der Waals surface area contributed by atoms with Crippen LogP contribution in [0.5, 0.6) is 0 Å². The van der Waals surface area contributed by atoms with Crippen LogP contribution in [0.15, 0.2) is 63.8 Å². The number of fused-ring (bicyclic) bond motifs is 3. The van der Waals surface area contributed by atoms with Gasteiger partial charge in [0.05, 0.1) is 23.0 Å². The van der Waals surface area contributed by atoms with Crippen molar-refractivity contribution in [2.24, 2.45) is 5.10 Å². The monoisotopic (exact) mass is 489 g/mol. The third-order valence-corrected chi connectivity index (χ3v) is 7.82. The summed E-state index contributed by atoms with van der Waals surface area (Å²) in [6.45, 7) is 2.01. The number of nitrogens with zero attached hydrogens (tertiary/aromatic N) is 4. The van der Waals surface area contributed by atoms with Gasteiger partial charge in [-0.2, -0.15) is 5.10 Å². The summed E-state index contributed by atoms with van der Waals surface area (Å²) >= 11 is 2.85. The summed E-state index contributed by atoms with van der Waals surface area (Å²) in [5.41, 5.74) is 6.33. The zero-order valence-corrected chi connectivity index (χ0v) is 20.3. The molecule has 5 rings (SSSR count). The molecular weight excluding hydrogens is 466 g/mol. The van der Waals surface area contributed by atoms with Crippen molar-refractivity contribution in [1.82, 2.24) is 20.0 Å². The van der Waals surface area contributed by atoms with Gasteiger partial charge in [-0.1, -0.05) is 29.5 Å². The van der Waals surface area contributed by atoms with Crippen LogP contribution in [-0.4, -0.2) is 32.4 Å². The number of hydrazone groups is 1. The second-order valence-corrected chi connectivity index (χ2v) is 10.2. The van der Waals surface area contributed by atoms with E-state index in [1.807, 2.05) is 31.2 Å². The fourth-order valence-corrected chi connectivity index (χ4v) is 6.10. The molecule has 0 spiro atoms. The van der Waals surface area contributed by atoms with Crippen molar-refractivity contribution in [3.05, 3.63) is 80.7 Å². The Hall–Kier alpha value is -3.30. The summed E-state index contributed by atoms with van der Waals surface area (Å²) in [5.74, 6) is -0.187. The van der Waals surface area contributed by atoms with E-state index < -0.39 is 0 Å². The zero-order valence-electron chi connectivity index (χ0n) is 18.7. The summed E-state index contributed by atoms with van der Waals surface area (Å²) in [4.78, 5) is 37.0.